The fraction of sp³-hybridized carbons (Fsp3) is 0.400. The molecule has 0 aliphatic rings. The summed E-state index contributed by atoms with van der Waals surface area (Å²) in [7, 11) is 0. The lowest BCUT2D eigenvalue weighted by Crippen LogP contribution is -2.23. The van der Waals surface area contributed by atoms with E-state index in [4.69, 9.17) is 5.11 Å². The average molecular weight is 382 g/mol. The molecule has 0 aliphatic heterocycles. The van der Waals surface area contributed by atoms with Crippen molar-refractivity contribution in [2.24, 2.45) is 0 Å². The third-order valence-corrected chi connectivity index (χ3v) is 2.75. The number of carboxylic acids is 1. The first-order chi connectivity index (χ1) is 9.45. The van der Waals surface area contributed by atoms with Crippen LogP contribution in [0, 0.1) is 0 Å². The van der Waals surface area contributed by atoms with Gasteiger partial charge in [-0.1, -0.05) is 15.9 Å². The van der Waals surface area contributed by atoms with Crippen LogP contribution in [0.2, 0.25) is 0 Å². The number of hydrogen-bond donors (Lipinski definition) is 1. The first kappa shape index (κ1) is 17.5. The molecule has 0 unspecified atom stereocenters. The van der Waals surface area contributed by atoms with Gasteiger partial charge in [0, 0.05) is 17.1 Å². The highest BCUT2D eigenvalue weighted by Crippen LogP contribution is 2.41. The molecule has 0 aliphatic carbocycles. The largest absolute Gasteiger partial charge is 0.573 e. The van der Waals surface area contributed by atoms with Crippen LogP contribution in [0.4, 0.5) is 26.3 Å². The van der Waals surface area contributed by atoms with Crippen molar-refractivity contribution in [2.75, 3.05) is 0 Å². The minimum Gasteiger partial charge on any atom is -0.481 e. The molecule has 0 fully saturated rings. The lowest BCUT2D eigenvalue weighted by molar-refractivity contribution is -0.276. The second-order valence-electron chi connectivity index (χ2n) is 3.69. The van der Waals surface area contributed by atoms with Crippen LogP contribution in [-0.2, 0) is 22.7 Å². The highest BCUT2D eigenvalue weighted by Gasteiger charge is 2.42. The van der Waals surface area contributed by atoms with E-state index in [1.165, 1.54) is 0 Å². The Labute approximate surface area is 121 Å². The zero-order valence-corrected chi connectivity index (χ0v) is 11.4. The Kier molecular flexibility index (Phi) is 5.07. The van der Waals surface area contributed by atoms with Gasteiger partial charge in [0.05, 0.1) is 6.42 Å². The molecule has 0 radical (unpaired) electrons. The fourth-order valence-corrected chi connectivity index (χ4v) is 2.07. The Balaban J connectivity index is 3.52. The quantitative estimate of drug-likeness (QED) is 0.640. The van der Waals surface area contributed by atoms with E-state index in [-0.39, 0.29) is 5.56 Å². The average Bonchev–Trinajstić information content (AvgIpc) is 2.24. The number of halogens is 7. The second-order valence-corrected chi connectivity index (χ2v) is 4.25. The highest BCUT2D eigenvalue weighted by atomic mass is 79.9. The number of aromatic nitrogens is 1. The number of aliphatic carboxylic acids is 1. The van der Waals surface area contributed by atoms with Crippen LogP contribution in [0.3, 0.4) is 0 Å². The zero-order chi connectivity index (χ0) is 16.4. The molecule has 0 atom stereocenters. The Hall–Kier alpha value is -1.52. The van der Waals surface area contributed by atoms with Gasteiger partial charge in [-0.2, -0.15) is 13.2 Å². The van der Waals surface area contributed by atoms with Crippen molar-refractivity contribution >= 4 is 21.9 Å². The van der Waals surface area contributed by atoms with Crippen molar-refractivity contribution in [3.05, 3.63) is 23.0 Å². The van der Waals surface area contributed by atoms with Gasteiger partial charge in [0.1, 0.15) is 0 Å². The normalized spacial score (nSPS) is 12.3. The lowest BCUT2D eigenvalue weighted by atomic mass is 10.1. The molecule has 0 bridgehead atoms. The molecule has 0 amide bonds. The van der Waals surface area contributed by atoms with E-state index in [0.717, 1.165) is 0 Å². The van der Waals surface area contributed by atoms with Crippen LogP contribution >= 0.6 is 15.9 Å². The molecule has 1 heterocycles. The van der Waals surface area contributed by atoms with Crippen LogP contribution < -0.4 is 4.74 Å². The number of carboxylic acid groups (broad SMARTS) is 1. The number of carbonyl (C=O) groups is 1. The van der Waals surface area contributed by atoms with Crippen molar-refractivity contribution < 1.29 is 41.0 Å². The minimum atomic E-state index is -5.37. The van der Waals surface area contributed by atoms with Gasteiger partial charge in [0.25, 0.3) is 0 Å². The summed E-state index contributed by atoms with van der Waals surface area (Å²) in [4.78, 5) is 13.4. The summed E-state index contributed by atoms with van der Waals surface area (Å²) in [5.74, 6) is -2.98. The maximum absolute atomic E-state index is 12.7. The summed E-state index contributed by atoms with van der Waals surface area (Å²) in [6.07, 6.45) is -10.8. The van der Waals surface area contributed by atoms with Gasteiger partial charge in [-0.25, -0.2) is 4.98 Å². The maximum atomic E-state index is 12.7. The fourth-order valence-electron chi connectivity index (χ4n) is 1.46. The number of hydrogen-bond acceptors (Lipinski definition) is 3. The van der Waals surface area contributed by atoms with E-state index in [0.29, 0.717) is 6.20 Å². The number of nitrogens with zero attached hydrogens (tertiary/aromatic N) is 1. The smallest absolute Gasteiger partial charge is 0.481 e. The van der Waals surface area contributed by atoms with Crippen molar-refractivity contribution in [1.29, 1.82) is 0 Å². The summed E-state index contributed by atoms with van der Waals surface area (Å²) in [5.41, 5.74) is -2.76. The van der Waals surface area contributed by atoms with Gasteiger partial charge in [-0.3, -0.25) is 4.79 Å². The number of rotatable bonds is 4. The lowest BCUT2D eigenvalue weighted by Gasteiger charge is -2.19. The van der Waals surface area contributed by atoms with Crippen LogP contribution in [0.5, 0.6) is 5.75 Å². The summed E-state index contributed by atoms with van der Waals surface area (Å²) >= 11 is 2.72. The molecular formula is C10H6BrF6NO3. The molecular weight excluding hydrogens is 376 g/mol. The molecule has 1 aromatic heterocycles. The third-order valence-electron chi connectivity index (χ3n) is 2.19. The number of ether oxygens (including phenoxy) is 1. The first-order valence-electron chi connectivity index (χ1n) is 5.07. The van der Waals surface area contributed by atoms with Gasteiger partial charge in [-0.05, 0) is 5.56 Å². The van der Waals surface area contributed by atoms with Crippen LogP contribution in [0.25, 0.3) is 0 Å². The molecule has 0 spiro atoms. The Bertz CT molecular complexity index is 543. The predicted octanol–water partition coefficient (Wildman–Crippen LogP) is 3.52. The molecule has 4 nitrogen and oxygen atoms in total. The van der Waals surface area contributed by atoms with Gasteiger partial charge in [0.15, 0.2) is 11.4 Å². The van der Waals surface area contributed by atoms with Gasteiger partial charge in [-0.15, -0.1) is 13.2 Å². The Morgan fingerprint density at radius 2 is 1.86 bits per heavy atom. The SMILES string of the molecule is O=C(O)Cc1cnc(C(F)(F)F)c(OC(F)(F)F)c1CBr. The number of alkyl halides is 7. The molecule has 118 valence electrons. The second kappa shape index (κ2) is 6.08. The maximum Gasteiger partial charge on any atom is 0.573 e. The van der Waals surface area contributed by atoms with E-state index in [1.54, 1.807) is 0 Å². The van der Waals surface area contributed by atoms with E-state index in [9.17, 15) is 31.1 Å². The van der Waals surface area contributed by atoms with Gasteiger partial charge < -0.3 is 9.84 Å². The molecule has 0 aromatic carbocycles. The third kappa shape index (κ3) is 4.76. The standard InChI is InChI=1S/C10H6BrF6NO3/c11-2-5-4(1-6(19)20)3-18-8(9(12,13)14)7(5)21-10(15,16)17/h3H,1-2H2,(H,19,20). The Morgan fingerprint density at radius 1 is 1.29 bits per heavy atom. The molecule has 21 heavy (non-hydrogen) atoms. The zero-order valence-electron chi connectivity index (χ0n) is 9.85. The summed E-state index contributed by atoms with van der Waals surface area (Å²) in [6.45, 7) is 0. The van der Waals surface area contributed by atoms with E-state index >= 15 is 0 Å². The van der Waals surface area contributed by atoms with E-state index < -0.39 is 47.3 Å². The summed E-state index contributed by atoms with van der Waals surface area (Å²) < 4.78 is 78.3. The van der Waals surface area contributed by atoms with E-state index in [1.807, 2.05) is 0 Å². The molecule has 0 saturated heterocycles. The van der Waals surface area contributed by atoms with Crippen LogP contribution in [0.1, 0.15) is 16.8 Å². The van der Waals surface area contributed by atoms with Crippen molar-refractivity contribution in [3.63, 3.8) is 0 Å². The van der Waals surface area contributed by atoms with Crippen LogP contribution in [0.15, 0.2) is 6.20 Å². The van der Waals surface area contributed by atoms with E-state index in [2.05, 4.69) is 25.7 Å². The van der Waals surface area contributed by atoms with Gasteiger partial charge in [0.2, 0.25) is 0 Å². The summed E-state index contributed by atoms with van der Waals surface area (Å²) in [6, 6.07) is 0. The van der Waals surface area contributed by atoms with Crippen molar-refractivity contribution in [2.45, 2.75) is 24.3 Å². The first-order valence-corrected chi connectivity index (χ1v) is 6.19. The summed E-state index contributed by atoms with van der Waals surface area (Å²) in [5, 5.41) is 8.15. The molecule has 11 heteroatoms. The predicted molar refractivity (Wildman–Crippen MR) is 59.9 cm³/mol. The minimum absolute atomic E-state index is 0.313. The van der Waals surface area contributed by atoms with Crippen LogP contribution in [-0.4, -0.2) is 22.4 Å². The van der Waals surface area contributed by atoms with Crippen molar-refractivity contribution in [1.82, 2.24) is 4.98 Å². The molecule has 1 N–H and O–H groups in total. The Morgan fingerprint density at radius 3 is 2.24 bits per heavy atom. The monoisotopic (exact) mass is 381 g/mol. The topological polar surface area (TPSA) is 59.4 Å². The molecule has 0 saturated carbocycles. The van der Waals surface area contributed by atoms with Crippen molar-refractivity contribution in [3.8, 4) is 5.75 Å². The molecule has 1 aromatic rings. The highest BCUT2D eigenvalue weighted by molar-refractivity contribution is 9.08. The number of pyridine rings is 1. The molecule has 1 rings (SSSR count). The van der Waals surface area contributed by atoms with Gasteiger partial charge >= 0.3 is 18.5 Å².